The molecule has 0 aromatic heterocycles. The third kappa shape index (κ3) is 3.82. The van der Waals surface area contributed by atoms with Crippen LogP contribution < -0.4 is 10.0 Å². The van der Waals surface area contributed by atoms with Crippen LogP contribution in [0.3, 0.4) is 0 Å². The van der Waals surface area contributed by atoms with Crippen LogP contribution in [0.1, 0.15) is 24.2 Å². The number of hydrogen-bond acceptors (Lipinski definition) is 3. The second-order valence-corrected chi connectivity index (χ2v) is 6.22. The molecule has 6 heteroatoms. The fourth-order valence-electron chi connectivity index (χ4n) is 1.30. The average Bonchev–Trinajstić information content (AvgIpc) is 2.36. The minimum Gasteiger partial charge on any atom is -0.352 e. The quantitative estimate of drug-likeness (QED) is 0.837. The highest BCUT2D eigenvalue weighted by molar-refractivity contribution is 7.89. The van der Waals surface area contributed by atoms with Crippen LogP contribution in [0, 0.1) is 5.92 Å². The van der Waals surface area contributed by atoms with E-state index >= 15 is 0 Å². The van der Waals surface area contributed by atoms with Crippen molar-refractivity contribution in [3.05, 3.63) is 29.8 Å². The van der Waals surface area contributed by atoms with Crippen molar-refractivity contribution in [2.45, 2.75) is 18.7 Å². The Labute approximate surface area is 108 Å². The number of sulfonamides is 1. The molecule has 2 N–H and O–H groups in total. The predicted molar refractivity (Wildman–Crippen MR) is 69.9 cm³/mol. The molecule has 1 amide bonds. The summed E-state index contributed by atoms with van der Waals surface area (Å²) in [5, 5.41) is 2.77. The molecule has 5 nitrogen and oxygen atoms in total. The second-order valence-electron chi connectivity index (χ2n) is 4.34. The number of rotatable bonds is 5. The molecule has 0 unspecified atom stereocenters. The Kier molecular flexibility index (Phi) is 4.86. The number of nitrogens with one attached hydrogen (secondary N) is 2. The van der Waals surface area contributed by atoms with Crippen LogP contribution in [0.4, 0.5) is 0 Å². The van der Waals surface area contributed by atoms with Crippen LogP contribution >= 0.6 is 0 Å². The van der Waals surface area contributed by atoms with E-state index in [4.69, 9.17) is 0 Å². The van der Waals surface area contributed by atoms with Crippen molar-refractivity contribution in [2.75, 3.05) is 13.6 Å². The molecule has 0 fully saturated rings. The van der Waals surface area contributed by atoms with Gasteiger partial charge in [0.25, 0.3) is 5.91 Å². The number of hydrogen-bond donors (Lipinski definition) is 2. The third-order valence-electron chi connectivity index (χ3n) is 2.37. The van der Waals surface area contributed by atoms with Gasteiger partial charge in [-0.25, -0.2) is 13.1 Å². The van der Waals surface area contributed by atoms with E-state index in [9.17, 15) is 13.2 Å². The Morgan fingerprint density at radius 3 is 2.22 bits per heavy atom. The van der Waals surface area contributed by atoms with E-state index in [2.05, 4.69) is 10.0 Å². The molecule has 0 aliphatic carbocycles. The van der Waals surface area contributed by atoms with Gasteiger partial charge in [0.05, 0.1) is 4.90 Å². The van der Waals surface area contributed by atoms with E-state index in [0.717, 1.165) is 0 Å². The molecule has 0 radical (unpaired) electrons. The summed E-state index contributed by atoms with van der Waals surface area (Å²) in [5.74, 6) is 0.176. The van der Waals surface area contributed by atoms with E-state index in [1.54, 1.807) is 0 Å². The van der Waals surface area contributed by atoms with Gasteiger partial charge in [0.15, 0.2) is 0 Å². The Hall–Kier alpha value is -1.40. The zero-order valence-corrected chi connectivity index (χ0v) is 11.5. The summed E-state index contributed by atoms with van der Waals surface area (Å²) >= 11 is 0. The van der Waals surface area contributed by atoms with E-state index in [-0.39, 0.29) is 10.8 Å². The maximum atomic E-state index is 11.7. The van der Waals surface area contributed by atoms with Gasteiger partial charge in [0.2, 0.25) is 10.0 Å². The lowest BCUT2D eigenvalue weighted by molar-refractivity contribution is 0.0949. The molecular formula is C12H18N2O3S. The van der Waals surface area contributed by atoms with Crippen molar-refractivity contribution < 1.29 is 13.2 Å². The van der Waals surface area contributed by atoms with Crippen molar-refractivity contribution in [1.82, 2.24) is 10.0 Å². The Morgan fingerprint density at radius 1 is 1.22 bits per heavy atom. The largest absolute Gasteiger partial charge is 0.352 e. The van der Waals surface area contributed by atoms with Gasteiger partial charge in [-0.2, -0.15) is 0 Å². The lowest BCUT2D eigenvalue weighted by Gasteiger charge is -2.08. The smallest absolute Gasteiger partial charge is 0.251 e. The van der Waals surface area contributed by atoms with Crippen LogP contribution in [-0.4, -0.2) is 27.9 Å². The molecule has 0 spiro atoms. The standard InChI is InChI=1S/C12H18N2O3S/c1-9(2)8-14-12(15)10-4-6-11(7-5-10)18(16,17)13-3/h4-7,9,13H,8H2,1-3H3,(H,14,15). The summed E-state index contributed by atoms with van der Waals surface area (Å²) in [6.45, 7) is 4.60. The highest BCUT2D eigenvalue weighted by atomic mass is 32.2. The summed E-state index contributed by atoms with van der Waals surface area (Å²) in [5.41, 5.74) is 0.450. The number of benzene rings is 1. The molecule has 1 aromatic rings. The molecule has 0 bridgehead atoms. The highest BCUT2D eigenvalue weighted by Crippen LogP contribution is 2.10. The number of amides is 1. The summed E-state index contributed by atoms with van der Waals surface area (Å²) in [7, 11) is -2.10. The highest BCUT2D eigenvalue weighted by Gasteiger charge is 2.12. The van der Waals surface area contributed by atoms with Gasteiger partial charge in [-0.05, 0) is 37.2 Å². The molecule has 18 heavy (non-hydrogen) atoms. The summed E-state index contributed by atoms with van der Waals surface area (Å²) in [6, 6.07) is 5.83. The molecule has 0 atom stereocenters. The Bertz CT molecular complexity index is 507. The molecule has 1 rings (SSSR count). The lowest BCUT2D eigenvalue weighted by atomic mass is 10.2. The molecule has 0 heterocycles. The van der Waals surface area contributed by atoms with E-state index < -0.39 is 10.0 Å². The molecule has 0 saturated heterocycles. The zero-order valence-electron chi connectivity index (χ0n) is 10.7. The van der Waals surface area contributed by atoms with Gasteiger partial charge < -0.3 is 5.32 Å². The Morgan fingerprint density at radius 2 is 1.78 bits per heavy atom. The van der Waals surface area contributed by atoms with Crippen LogP contribution in [0.25, 0.3) is 0 Å². The van der Waals surface area contributed by atoms with Crippen LogP contribution in [0.2, 0.25) is 0 Å². The maximum Gasteiger partial charge on any atom is 0.251 e. The molecule has 100 valence electrons. The van der Waals surface area contributed by atoms with Gasteiger partial charge in [-0.3, -0.25) is 4.79 Å². The fraction of sp³-hybridized carbons (Fsp3) is 0.417. The number of carbonyl (C=O) groups is 1. The topological polar surface area (TPSA) is 75.3 Å². The minimum atomic E-state index is -3.45. The lowest BCUT2D eigenvalue weighted by Crippen LogP contribution is -2.27. The molecule has 1 aromatic carbocycles. The van der Waals surface area contributed by atoms with Gasteiger partial charge in [0.1, 0.15) is 0 Å². The minimum absolute atomic E-state index is 0.144. The van der Waals surface area contributed by atoms with E-state index in [1.165, 1.54) is 31.3 Å². The number of carbonyl (C=O) groups excluding carboxylic acids is 1. The van der Waals surface area contributed by atoms with Gasteiger partial charge in [0, 0.05) is 12.1 Å². The van der Waals surface area contributed by atoms with Gasteiger partial charge >= 0.3 is 0 Å². The first-order valence-corrected chi connectivity index (χ1v) is 7.17. The summed E-state index contributed by atoms with van der Waals surface area (Å²) < 4.78 is 25.2. The fourth-order valence-corrected chi connectivity index (χ4v) is 2.03. The van der Waals surface area contributed by atoms with E-state index in [0.29, 0.717) is 18.0 Å². The molecule has 0 aliphatic rings. The molecular weight excluding hydrogens is 252 g/mol. The van der Waals surface area contributed by atoms with Gasteiger partial charge in [-0.1, -0.05) is 13.8 Å². The van der Waals surface area contributed by atoms with Crippen molar-refractivity contribution in [3.8, 4) is 0 Å². The SMILES string of the molecule is CNS(=O)(=O)c1ccc(C(=O)NCC(C)C)cc1. The van der Waals surface area contributed by atoms with Crippen molar-refractivity contribution >= 4 is 15.9 Å². The molecule has 0 saturated carbocycles. The first-order valence-electron chi connectivity index (χ1n) is 5.68. The van der Waals surface area contributed by atoms with Crippen molar-refractivity contribution in [2.24, 2.45) is 5.92 Å². The van der Waals surface area contributed by atoms with Crippen LogP contribution in [0.15, 0.2) is 29.2 Å². The first kappa shape index (κ1) is 14.7. The average molecular weight is 270 g/mol. The van der Waals surface area contributed by atoms with Crippen molar-refractivity contribution in [3.63, 3.8) is 0 Å². The third-order valence-corrected chi connectivity index (χ3v) is 3.80. The maximum absolute atomic E-state index is 11.7. The van der Waals surface area contributed by atoms with Crippen LogP contribution in [-0.2, 0) is 10.0 Å². The van der Waals surface area contributed by atoms with Crippen LogP contribution in [0.5, 0.6) is 0 Å². The van der Waals surface area contributed by atoms with E-state index in [1.807, 2.05) is 13.8 Å². The van der Waals surface area contributed by atoms with Gasteiger partial charge in [-0.15, -0.1) is 0 Å². The monoisotopic (exact) mass is 270 g/mol. The molecule has 0 aliphatic heterocycles. The normalized spacial score (nSPS) is 11.6. The van der Waals surface area contributed by atoms with Crippen molar-refractivity contribution in [1.29, 1.82) is 0 Å². The second kappa shape index (κ2) is 5.97. The Balaban J connectivity index is 2.80. The zero-order chi connectivity index (χ0) is 13.8. The summed E-state index contributed by atoms with van der Waals surface area (Å²) in [6.07, 6.45) is 0. The predicted octanol–water partition coefficient (Wildman–Crippen LogP) is 0.980. The summed E-state index contributed by atoms with van der Waals surface area (Å²) in [4.78, 5) is 11.8. The first-order chi connectivity index (χ1) is 8.36.